The van der Waals surface area contributed by atoms with Crippen molar-refractivity contribution in [3.63, 3.8) is 0 Å². The number of amides is 1. The summed E-state index contributed by atoms with van der Waals surface area (Å²) >= 11 is 0. The van der Waals surface area contributed by atoms with Gasteiger partial charge in [0.2, 0.25) is 5.88 Å². The Morgan fingerprint density at radius 2 is 2.00 bits per heavy atom. The van der Waals surface area contributed by atoms with Gasteiger partial charge in [-0.15, -0.1) is 0 Å². The van der Waals surface area contributed by atoms with Gasteiger partial charge in [-0.05, 0) is 37.5 Å². The summed E-state index contributed by atoms with van der Waals surface area (Å²) in [5.74, 6) is -0.941. The maximum atomic E-state index is 12.8. The molecule has 0 spiro atoms. The second-order valence-corrected chi connectivity index (χ2v) is 6.24. The van der Waals surface area contributed by atoms with Gasteiger partial charge in [-0.3, -0.25) is 4.79 Å². The lowest BCUT2D eigenvalue weighted by Gasteiger charge is -2.34. The van der Waals surface area contributed by atoms with E-state index < -0.39 is 12.0 Å². The number of aromatic nitrogens is 1. The summed E-state index contributed by atoms with van der Waals surface area (Å²) in [7, 11) is 0. The number of fused-ring (bicyclic) bond motifs is 1. The van der Waals surface area contributed by atoms with Crippen LogP contribution < -0.4 is 4.74 Å². The molecule has 1 atom stereocenters. The molecular formula is C19H20N2O4. The second kappa shape index (κ2) is 6.93. The predicted molar refractivity (Wildman–Crippen MR) is 91.6 cm³/mol. The molecule has 1 aromatic heterocycles. The van der Waals surface area contributed by atoms with Crippen LogP contribution in [0.5, 0.6) is 5.88 Å². The zero-order chi connectivity index (χ0) is 18.0. The van der Waals surface area contributed by atoms with Gasteiger partial charge in [0.15, 0.2) is 6.04 Å². The number of ether oxygens (including phenoxy) is 1. The topological polar surface area (TPSA) is 79.7 Å². The van der Waals surface area contributed by atoms with Crippen molar-refractivity contribution in [2.45, 2.75) is 32.4 Å². The Balaban J connectivity index is 1.87. The largest absolute Gasteiger partial charge is 0.479 e. The average molecular weight is 340 g/mol. The first kappa shape index (κ1) is 17.0. The summed E-state index contributed by atoms with van der Waals surface area (Å²) in [5.41, 5.74) is 1.99. The van der Waals surface area contributed by atoms with Crippen molar-refractivity contribution < 1.29 is 19.4 Å². The standard InChI is InChI=1S/C19H20N2O4/c1-12(2)25-16-8-7-14(11-20-16)18(22)21-10-9-13-5-3-4-6-15(13)17(21)19(23)24/h3-8,11-12,17H,9-10H2,1-2H3,(H,23,24)/t17-/m0/s1. The molecule has 1 N–H and O–H groups in total. The third-order valence-electron chi connectivity index (χ3n) is 4.12. The molecule has 0 radical (unpaired) electrons. The number of carbonyl (C=O) groups is 2. The highest BCUT2D eigenvalue weighted by atomic mass is 16.5. The van der Waals surface area contributed by atoms with Gasteiger partial charge in [0, 0.05) is 18.8 Å². The Hall–Kier alpha value is -2.89. The molecule has 2 aromatic rings. The Kier molecular flexibility index (Phi) is 4.70. The number of hydrogen-bond acceptors (Lipinski definition) is 4. The Bertz CT molecular complexity index is 786. The molecule has 25 heavy (non-hydrogen) atoms. The maximum absolute atomic E-state index is 12.8. The summed E-state index contributed by atoms with van der Waals surface area (Å²) in [5, 5.41) is 9.66. The van der Waals surface area contributed by atoms with Crippen LogP contribution in [-0.4, -0.2) is 39.5 Å². The van der Waals surface area contributed by atoms with Crippen molar-refractivity contribution >= 4 is 11.9 Å². The molecule has 130 valence electrons. The van der Waals surface area contributed by atoms with E-state index in [1.165, 1.54) is 11.1 Å². The third-order valence-corrected chi connectivity index (χ3v) is 4.12. The summed E-state index contributed by atoms with van der Waals surface area (Å²) in [6, 6.07) is 9.62. The minimum Gasteiger partial charge on any atom is -0.479 e. The summed E-state index contributed by atoms with van der Waals surface area (Å²) in [6.07, 6.45) is 2.05. The quantitative estimate of drug-likeness (QED) is 0.926. The molecule has 6 heteroatoms. The highest BCUT2D eigenvalue weighted by molar-refractivity contribution is 5.97. The zero-order valence-corrected chi connectivity index (χ0v) is 14.2. The van der Waals surface area contributed by atoms with E-state index in [9.17, 15) is 14.7 Å². The lowest BCUT2D eigenvalue weighted by molar-refractivity contribution is -0.143. The maximum Gasteiger partial charge on any atom is 0.331 e. The van der Waals surface area contributed by atoms with Crippen molar-refractivity contribution in [1.29, 1.82) is 0 Å². The fraction of sp³-hybridized carbons (Fsp3) is 0.316. The van der Waals surface area contributed by atoms with Crippen LogP contribution in [0.4, 0.5) is 0 Å². The first-order valence-corrected chi connectivity index (χ1v) is 8.21. The van der Waals surface area contributed by atoms with E-state index in [2.05, 4.69) is 4.98 Å². The number of rotatable bonds is 4. The van der Waals surface area contributed by atoms with Crippen LogP contribution in [0, 0.1) is 0 Å². The van der Waals surface area contributed by atoms with Crippen LogP contribution in [0.15, 0.2) is 42.6 Å². The summed E-state index contributed by atoms with van der Waals surface area (Å²) in [4.78, 5) is 30.2. The number of carbonyl (C=O) groups excluding carboxylic acids is 1. The van der Waals surface area contributed by atoms with Crippen molar-refractivity contribution in [1.82, 2.24) is 9.88 Å². The van der Waals surface area contributed by atoms with Crippen LogP contribution in [0.2, 0.25) is 0 Å². The average Bonchev–Trinajstić information content (AvgIpc) is 2.60. The normalized spacial score (nSPS) is 16.4. The van der Waals surface area contributed by atoms with Crippen LogP contribution in [0.3, 0.4) is 0 Å². The molecule has 6 nitrogen and oxygen atoms in total. The molecule has 2 heterocycles. The number of nitrogens with zero attached hydrogens (tertiary/aromatic N) is 2. The molecule has 0 saturated carbocycles. The zero-order valence-electron chi connectivity index (χ0n) is 14.2. The van der Waals surface area contributed by atoms with E-state index in [0.717, 1.165) is 5.56 Å². The van der Waals surface area contributed by atoms with Crippen molar-refractivity contribution in [2.75, 3.05) is 6.54 Å². The molecule has 1 amide bonds. The van der Waals surface area contributed by atoms with Crippen molar-refractivity contribution in [2.24, 2.45) is 0 Å². The number of aliphatic carboxylic acids is 1. The van der Waals surface area contributed by atoms with Gasteiger partial charge in [-0.1, -0.05) is 24.3 Å². The molecule has 0 aliphatic carbocycles. The Morgan fingerprint density at radius 1 is 1.24 bits per heavy atom. The van der Waals surface area contributed by atoms with Gasteiger partial charge >= 0.3 is 5.97 Å². The van der Waals surface area contributed by atoms with Gasteiger partial charge in [-0.25, -0.2) is 9.78 Å². The first-order chi connectivity index (χ1) is 12.0. The molecule has 0 saturated heterocycles. The smallest absolute Gasteiger partial charge is 0.331 e. The number of benzene rings is 1. The summed E-state index contributed by atoms with van der Waals surface area (Å²) < 4.78 is 5.47. The highest BCUT2D eigenvalue weighted by Gasteiger charge is 2.36. The molecular weight excluding hydrogens is 320 g/mol. The van der Waals surface area contributed by atoms with E-state index in [-0.39, 0.29) is 12.0 Å². The predicted octanol–water partition coefficient (Wildman–Crippen LogP) is 2.69. The van der Waals surface area contributed by atoms with Gasteiger partial charge in [0.1, 0.15) is 0 Å². The Morgan fingerprint density at radius 3 is 2.64 bits per heavy atom. The van der Waals surface area contributed by atoms with E-state index in [1.54, 1.807) is 24.3 Å². The van der Waals surface area contributed by atoms with Gasteiger partial charge in [0.25, 0.3) is 5.91 Å². The number of carboxylic acids is 1. The van der Waals surface area contributed by atoms with E-state index in [1.807, 2.05) is 26.0 Å². The molecule has 0 fully saturated rings. The van der Waals surface area contributed by atoms with Crippen LogP contribution in [-0.2, 0) is 11.2 Å². The lowest BCUT2D eigenvalue weighted by atomic mass is 9.92. The van der Waals surface area contributed by atoms with Crippen LogP contribution >= 0.6 is 0 Å². The fourth-order valence-electron chi connectivity index (χ4n) is 3.04. The van der Waals surface area contributed by atoms with Gasteiger partial charge in [-0.2, -0.15) is 0 Å². The SMILES string of the molecule is CC(C)Oc1ccc(C(=O)N2CCc3ccccc3[C@H]2C(=O)O)cn1. The molecule has 0 bridgehead atoms. The highest BCUT2D eigenvalue weighted by Crippen LogP contribution is 2.31. The van der Waals surface area contributed by atoms with E-state index in [0.29, 0.717) is 30.0 Å². The monoisotopic (exact) mass is 340 g/mol. The van der Waals surface area contributed by atoms with Gasteiger partial charge < -0.3 is 14.7 Å². The molecule has 1 aliphatic rings. The minimum absolute atomic E-state index is 0.0101. The van der Waals surface area contributed by atoms with Crippen LogP contribution in [0.25, 0.3) is 0 Å². The second-order valence-electron chi connectivity index (χ2n) is 6.24. The number of carboxylic acid groups (broad SMARTS) is 1. The Labute approximate surface area is 146 Å². The molecule has 0 unspecified atom stereocenters. The van der Waals surface area contributed by atoms with Gasteiger partial charge in [0.05, 0.1) is 11.7 Å². The fourth-order valence-corrected chi connectivity index (χ4v) is 3.04. The van der Waals surface area contributed by atoms with Crippen molar-refractivity contribution in [3.05, 3.63) is 59.3 Å². The first-order valence-electron chi connectivity index (χ1n) is 8.21. The van der Waals surface area contributed by atoms with Crippen molar-refractivity contribution in [3.8, 4) is 5.88 Å². The summed E-state index contributed by atoms with van der Waals surface area (Å²) in [6.45, 7) is 4.14. The minimum atomic E-state index is -1.03. The molecule has 1 aliphatic heterocycles. The molecule has 1 aromatic carbocycles. The third kappa shape index (κ3) is 3.47. The number of hydrogen-bond donors (Lipinski definition) is 1. The van der Waals surface area contributed by atoms with E-state index >= 15 is 0 Å². The number of pyridine rings is 1. The molecule has 3 rings (SSSR count). The van der Waals surface area contributed by atoms with Crippen LogP contribution in [0.1, 0.15) is 41.4 Å². The van der Waals surface area contributed by atoms with E-state index in [4.69, 9.17) is 4.74 Å². The lowest BCUT2D eigenvalue weighted by Crippen LogP contribution is -2.43.